The van der Waals surface area contributed by atoms with Gasteiger partial charge in [0.2, 0.25) is 9.84 Å². The van der Waals surface area contributed by atoms with Crippen LogP contribution in [-0.4, -0.2) is 34.7 Å². The molecule has 3 rings (SSSR count). The second-order valence-electron chi connectivity index (χ2n) is 5.98. The number of thiophene rings is 1. The Morgan fingerprint density at radius 1 is 1.10 bits per heavy atom. The number of rotatable bonds is 7. The van der Waals surface area contributed by atoms with E-state index in [1.807, 2.05) is 12.1 Å². The van der Waals surface area contributed by atoms with Crippen LogP contribution in [0.2, 0.25) is 0 Å². The number of nitrogen functional groups attached to an aromatic ring is 1. The van der Waals surface area contributed by atoms with Crippen molar-refractivity contribution < 1.29 is 17.9 Å². The van der Waals surface area contributed by atoms with Gasteiger partial charge in [0.1, 0.15) is 17.3 Å². The van der Waals surface area contributed by atoms with E-state index in [4.69, 9.17) is 20.6 Å². The highest BCUT2D eigenvalue weighted by Gasteiger charge is 2.25. The number of nitrogens with one attached hydrogen (secondary N) is 1. The molecular weight excluding hydrogens is 428 g/mol. The molecule has 0 spiro atoms. The Morgan fingerprint density at radius 2 is 1.86 bits per heavy atom. The van der Waals surface area contributed by atoms with Gasteiger partial charge in [0.25, 0.3) is 0 Å². The molecule has 0 bridgehead atoms. The minimum Gasteiger partial charge on any atom is -0.497 e. The number of nitrogens with two attached hydrogens (primary N) is 1. The van der Waals surface area contributed by atoms with E-state index in [2.05, 4.69) is 0 Å². The van der Waals surface area contributed by atoms with Gasteiger partial charge in [0, 0.05) is 11.6 Å². The summed E-state index contributed by atoms with van der Waals surface area (Å²) in [6.45, 7) is 0. The third-order valence-corrected chi connectivity index (χ3v) is 8.61. The van der Waals surface area contributed by atoms with Crippen molar-refractivity contribution in [3.8, 4) is 22.6 Å². The van der Waals surface area contributed by atoms with Crippen LogP contribution in [0.4, 0.5) is 0 Å². The topological polar surface area (TPSA) is 102 Å². The maximum absolute atomic E-state index is 13.3. The number of hydrogen-bond acceptors (Lipinski definition) is 7. The molecule has 0 amide bonds. The Bertz CT molecular complexity index is 1170. The fraction of sp³-hybridized carbons (Fsp3) is 0.150. The Hall–Kier alpha value is -2.49. The van der Waals surface area contributed by atoms with Gasteiger partial charge in [0.05, 0.1) is 33.1 Å². The second kappa shape index (κ2) is 8.48. The number of methoxy groups -OCH3 is 2. The first kappa shape index (κ1) is 21.2. The van der Waals surface area contributed by atoms with Crippen molar-refractivity contribution in [1.82, 2.24) is 0 Å². The van der Waals surface area contributed by atoms with Gasteiger partial charge in [-0.3, -0.25) is 5.41 Å². The molecule has 0 fully saturated rings. The van der Waals surface area contributed by atoms with E-state index < -0.39 is 9.84 Å². The standard InChI is InChI=1S/C20H20N2O4S3/c1-25-13-7-8-15(16(10-13)26-2)12-5-4-6-14(9-12)29(23,24)18-11-17(19(21)22)28-20(18)27-3/h4-11H,1-3H3,(H3,21,22). The van der Waals surface area contributed by atoms with Gasteiger partial charge in [-0.25, -0.2) is 8.42 Å². The van der Waals surface area contributed by atoms with Crippen LogP contribution in [0.1, 0.15) is 4.88 Å². The summed E-state index contributed by atoms with van der Waals surface area (Å²) in [4.78, 5) is 0.760. The number of ether oxygens (including phenoxy) is 2. The van der Waals surface area contributed by atoms with Crippen LogP contribution < -0.4 is 15.2 Å². The molecule has 0 aliphatic heterocycles. The summed E-state index contributed by atoms with van der Waals surface area (Å²) >= 11 is 2.52. The van der Waals surface area contributed by atoms with E-state index in [1.54, 1.807) is 50.8 Å². The molecule has 0 saturated heterocycles. The molecule has 0 aliphatic rings. The predicted molar refractivity (Wildman–Crippen MR) is 118 cm³/mol. The molecule has 3 aromatic rings. The lowest BCUT2D eigenvalue weighted by molar-refractivity contribution is 0.395. The van der Waals surface area contributed by atoms with E-state index in [-0.39, 0.29) is 15.6 Å². The summed E-state index contributed by atoms with van der Waals surface area (Å²) in [7, 11) is -0.661. The van der Waals surface area contributed by atoms with Gasteiger partial charge in [-0.15, -0.1) is 23.1 Å². The fourth-order valence-corrected chi connectivity index (χ4v) is 6.72. The van der Waals surface area contributed by atoms with Crippen molar-refractivity contribution in [2.45, 2.75) is 14.0 Å². The SMILES string of the molecule is COc1ccc(-c2cccc(S(=O)(=O)c3cc(C(=N)N)sc3SC)c2)c(OC)c1. The number of sulfone groups is 1. The van der Waals surface area contributed by atoms with Gasteiger partial charge in [0.15, 0.2) is 0 Å². The van der Waals surface area contributed by atoms with E-state index in [0.717, 1.165) is 5.56 Å². The van der Waals surface area contributed by atoms with Gasteiger partial charge in [-0.1, -0.05) is 12.1 Å². The molecular formula is C20H20N2O4S3. The molecule has 1 aromatic heterocycles. The summed E-state index contributed by atoms with van der Waals surface area (Å²) in [5, 5.41) is 7.61. The molecule has 152 valence electrons. The van der Waals surface area contributed by atoms with Crippen LogP contribution in [0.3, 0.4) is 0 Å². The Morgan fingerprint density at radius 3 is 2.48 bits per heavy atom. The van der Waals surface area contributed by atoms with Crippen LogP contribution in [-0.2, 0) is 9.84 Å². The monoisotopic (exact) mass is 448 g/mol. The summed E-state index contributed by atoms with van der Waals surface area (Å²) in [5.74, 6) is 1.08. The highest BCUT2D eigenvalue weighted by Crippen LogP contribution is 2.39. The zero-order chi connectivity index (χ0) is 21.2. The molecule has 3 N–H and O–H groups in total. The van der Waals surface area contributed by atoms with Crippen LogP contribution in [0.5, 0.6) is 11.5 Å². The number of hydrogen-bond donors (Lipinski definition) is 2. The summed E-state index contributed by atoms with van der Waals surface area (Å²) < 4.78 is 37.9. The molecule has 29 heavy (non-hydrogen) atoms. The molecule has 9 heteroatoms. The molecule has 0 atom stereocenters. The average molecular weight is 449 g/mol. The normalized spacial score (nSPS) is 11.3. The Kier molecular flexibility index (Phi) is 6.21. The van der Waals surface area contributed by atoms with Gasteiger partial charge in [-0.2, -0.15) is 0 Å². The maximum Gasteiger partial charge on any atom is 0.208 e. The fourth-order valence-electron chi connectivity index (χ4n) is 2.81. The third kappa shape index (κ3) is 4.12. The molecule has 0 saturated carbocycles. The van der Waals surface area contributed by atoms with Crippen molar-refractivity contribution in [1.29, 1.82) is 5.41 Å². The average Bonchev–Trinajstić information content (AvgIpc) is 3.19. The molecule has 0 unspecified atom stereocenters. The first-order chi connectivity index (χ1) is 13.8. The number of amidine groups is 1. The Labute approximate surface area is 178 Å². The van der Waals surface area contributed by atoms with Crippen molar-refractivity contribution in [3.63, 3.8) is 0 Å². The smallest absolute Gasteiger partial charge is 0.208 e. The molecule has 1 heterocycles. The van der Waals surface area contributed by atoms with Gasteiger partial charge < -0.3 is 15.2 Å². The van der Waals surface area contributed by atoms with Crippen molar-refractivity contribution in [2.24, 2.45) is 5.73 Å². The van der Waals surface area contributed by atoms with Crippen LogP contribution in [0, 0.1) is 5.41 Å². The van der Waals surface area contributed by atoms with E-state index in [1.165, 1.54) is 29.2 Å². The molecule has 2 aromatic carbocycles. The summed E-state index contributed by atoms with van der Waals surface area (Å²) in [6.07, 6.45) is 1.80. The second-order valence-corrected chi connectivity index (χ2v) is 10.0. The zero-order valence-corrected chi connectivity index (χ0v) is 18.5. The predicted octanol–water partition coefficient (Wildman–Crippen LogP) is 4.27. The van der Waals surface area contributed by atoms with Gasteiger partial charge in [-0.05, 0) is 42.2 Å². The minimum atomic E-state index is -3.79. The van der Waals surface area contributed by atoms with Crippen LogP contribution in [0.15, 0.2) is 62.5 Å². The van der Waals surface area contributed by atoms with Crippen LogP contribution >= 0.6 is 23.1 Å². The first-order valence-corrected chi connectivity index (χ1v) is 11.9. The molecule has 6 nitrogen and oxygen atoms in total. The minimum absolute atomic E-state index is 0.150. The van der Waals surface area contributed by atoms with Gasteiger partial charge >= 0.3 is 0 Å². The van der Waals surface area contributed by atoms with Crippen molar-refractivity contribution in [2.75, 3.05) is 20.5 Å². The number of thioether (sulfide) groups is 1. The lowest BCUT2D eigenvalue weighted by Crippen LogP contribution is -2.08. The lowest BCUT2D eigenvalue weighted by atomic mass is 10.0. The quantitative estimate of drug-likeness (QED) is 0.318. The van der Waals surface area contributed by atoms with E-state index in [9.17, 15) is 8.42 Å². The summed E-state index contributed by atoms with van der Waals surface area (Å²) in [6, 6.07) is 13.5. The third-order valence-electron chi connectivity index (χ3n) is 4.27. The summed E-state index contributed by atoms with van der Waals surface area (Å²) in [5.41, 5.74) is 7.02. The highest BCUT2D eigenvalue weighted by molar-refractivity contribution is 8.01. The first-order valence-electron chi connectivity index (χ1n) is 8.41. The van der Waals surface area contributed by atoms with Crippen LogP contribution in [0.25, 0.3) is 11.1 Å². The Balaban J connectivity index is 2.12. The van der Waals surface area contributed by atoms with E-state index >= 15 is 0 Å². The maximum atomic E-state index is 13.3. The van der Waals surface area contributed by atoms with E-state index in [0.29, 0.717) is 26.1 Å². The molecule has 0 radical (unpaired) electrons. The zero-order valence-electron chi connectivity index (χ0n) is 16.1. The lowest BCUT2D eigenvalue weighted by Gasteiger charge is -2.12. The largest absolute Gasteiger partial charge is 0.497 e. The number of benzene rings is 2. The van der Waals surface area contributed by atoms with Crippen molar-refractivity contribution >= 4 is 38.8 Å². The molecule has 0 aliphatic carbocycles. The highest BCUT2D eigenvalue weighted by atomic mass is 32.2. The van der Waals surface area contributed by atoms with Crippen molar-refractivity contribution in [3.05, 3.63) is 53.4 Å².